The Kier molecular flexibility index (Phi) is 7.07. The lowest BCUT2D eigenvalue weighted by Gasteiger charge is -2.30. The molecule has 2 rings (SSSR count). The fraction of sp³-hybridized carbons (Fsp3) is 0.556. The first-order chi connectivity index (χ1) is 11.2. The number of hydrogen-bond donors (Lipinski definition) is 0. The summed E-state index contributed by atoms with van der Waals surface area (Å²) in [6.45, 7) is 4.92. The maximum Gasteiger partial charge on any atom is 0.309 e. The van der Waals surface area contributed by atoms with E-state index >= 15 is 0 Å². The molecule has 23 heavy (non-hydrogen) atoms. The highest BCUT2D eigenvalue weighted by Gasteiger charge is 2.26. The maximum atomic E-state index is 12.1. The van der Waals surface area contributed by atoms with Gasteiger partial charge in [-0.15, -0.1) is 0 Å². The molecule has 0 aliphatic carbocycles. The minimum Gasteiger partial charge on any atom is -0.466 e. The predicted molar refractivity (Wildman–Crippen MR) is 86.7 cm³/mol. The van der Waals surface area contributed by atoms with E-state index in [0.717, 1.165) is 31.5 Å². The van der Waals surface area contributed by atoms with E-state index in [1.54, 1.807) is 0 Å². The molecular weight excluding hydrogens is 294 g/mol. The zero-order valence-corrected chi connectivity index (χ0v) is 13.7. The van der Waals surface area contributed by atoms with Gasteiger partial charge in [-0.3, -0.25) is 9.59 Å². The van der Waals surface area contributed by atoms with Crippen LogP contribution in [0, 0.1) is 5.92 Å². The van der Waals surface area contributed by atoms with Crippen molar-refractivity contribution in [2.75, 3.05) is 26.2 Å². The minimum absolute atomic E-state index is 0.0300. The molecule has 1 saturated heterocycles. The third-order valence-electron chi connectivity index (χ3n) is 4.08. The van der Waals surface area contributed by atoms with Crippen molar-refractivity contribution >= 4 is 11.9 Å². The van der Waals surface area contributed by atoms with Crippen LogP contribution in [0.15, 0.2) is 30.3 Å². The standard InChI is InChI=1S/C18H25NO4/c1-2-22-17(20)10-13-19-11-8-16(9-12-19)18(21)23-14-15-6-4-3-5-7-15/h3-7,16H,2,8-14H2,1H3. The van der Waals surface area contributed by atoms with E-state index in [-0.39, 0.29) is 17.9 Å². The highest BCUT2D eigenvalue weighted by Crippen LogP contribution is 2.19. The van der Waals surface area contributed by atoms with Crippen molar-refractivity contribution in [3.8, 4) is 0 Å². The van der Waals surface area contributed by atoms with Gasteiger partial charge >= 0.3 is 11.9 Å². The molecule has 5 heteroatoms. The van der Waals surface area contributed by atoms with E-state index in [4.69, 9.17) is 9.47 Å². The molecule has 0 spiro atoms. The summed E-state index contributed by atoms with van der Waals surface area (Å²) in [7, 11) is 0. The van der Waals surface area contributed by atoms with Gasteiger partial charge < -0.3 is 14.4 Å². The maximum absolute atomic E-state index is 12.1. The Morgan fingerprint density at radius 3 is 2.48 bits per heavy atom. The van der Waals surface area contributed by atoms with Crippen LogP contribution >= 0.6 is 0 Å². The van der Waals surface area contributed by atoms with Crippen LogP contribution < -0.4 is 0 Å². The molecule has 0 amide bonds. The quantitative estimate of drug-likeness (QED) is 0.722. The molecular formula is C18H25NO4. The van der Waals surface area contributed by atoms with E-state index < -0.39 is 0 Å². The van der Waals surface area contributed by atoms with E-state index in [2.05, 4.69) is 4.90 Å². The number of esters is 2. The summed E-state index contributed by atoms with van der Waals surface area (Å²) in [4.78, 5) is 25.7. The Hall–Kier alpha value is -1.88. The largest absolute Gasteiger partial charge is 0.466 e. The van der Waals surface area contributed by atoms with Gasteiger partial charge in [0.2, 0.25) is 0 Å². The van der Waals surface area contributed by atoms with E-state index in [1.165, 1.54) is 0 Å². The Balaban J connectivity index is 1.65. The smallest absolute Gasteiger partial charge is 0.309 e. The van der Waals surface area contributed by atoms with Crippen LogP contribution in [-0.4, -0.2) is 43.1 Å². The summed E-state index contributed by atoms with van der Waals surface area (Å²) in [6.07, 6.45) is 1.99. The lowest BCUT2D eigenvalue weighted by atomic mass is 9.97. The first kappa shape index (κ1) is 17.5. The van der Waals surface area contributed by atoms with Gasteiger partial charge in [-0.05, 0) is 38.4 Å². The Bertz CT molecular complexity index is 495. The van der Waals surface area contributed by atoms with Gasteiger partial charge in [0.15, 0.2) is 0 Å². The van der Waals surface area contributed by atoms with E-state index in [9.17, 15) is 9.59 Å². The Morgan fingerprint density at radius 2 is 1.83 bits per heavy atom. The van der Waals surface area contributed by atoms with Crippen molar-refractivity contribution in [1.29, 1.82) is 0 Å². The van der Waals surface area contributed by atoms with E-state index in [1.807, 2.05) is 37.3 Å². The lowest BCUT2D eigenvalue weighted by molar-refractivity contribution is -0.152. The molecule has 0 atom stereocenters. The lowest BCUT2D eigenvalue weighted by Crippen LogP contribution is -2.38. The molecule has 1 aliphatic rings. The summed E-state index contributed by atoms with van der Waals surface area (Å²) in [5.74, 6) is -0.298. The molecule has 1 fully saturated rings. The van der Waals surface area contributed by atoms with Crippen LogP contribution in [-0.2, 0) is 25.7 Å². The fourth-order valence-electron chi connectivity index (χ4n) is 2.72. The molecule has 1 aromatic carbocycles. The van der Waals surface area contributed by atoms with Crippen LogP contribution in [0.5, 0.6) is 0 Å². The van der Waals surface area contributed by atoms with Gasteiger partial charge in [0.1, 0.15) is 6.61 Å². The number of benzene rings is 1. The number of likely N-dealkylation sites (tertiary alicyclic amines) is 1. The predicted octanol–water partition coefficient (Wildman–Crippen LogP) is 2.40. The first-order valence-electron chi connectivity index (χ1n) is 8.27. The molecule has 5 nitrogen and oxygen atoms in total. The zero-order chi connectivity index (χ0) is 16.5. The topological polar surface area (TPSA) is 55.8 Å². The van der Waals surface area contributed by atoms with Crippen molar-refractivity contribution in [2.24, 2.45) is 5.92 Å². The summed E-state index contributed by atoms with van der Waals surface area (Å²) in [6, 6.07) is 9.71. The molecule has 126 valence electrons. The number of hydrogen-bond acceptors (Lipinski definition) is 5. The minimum atomic E-state index is -0.156. The summed E-state index contributed by atoms with van der Waals surface area (Å²) >= 11 is 0. The van der Waals surface area contributed by atoms with Crippen LogP contribution in [0.3, 0.4) is 0 Å². The molecule has 0 unspecified atom stereocenters. The summed E-state index contributed by atoms with van der Waals surface area (Å²) < 4.78 is 10.3. The average molecular weight is 319 g/mol. The number of ether oxygens (including phenoxy) is 2. The monoisotopic (exact) mass is 319 g/mol. The van der Waals surface area contributed by atoms with Crippen molar-refractivity contribution in [1.82, 2.24) is 4.90 Å². The van der Waals surface area contributed by atoms with Crippen LogP contribution in [0.1, 0.15) is 31.7 Å². The van der Waals surface area contributed by atoms with Crippen molar-refractivity contribution in [3.05, 3.63) is 35.9 Å². The van der Waals surface area contributed by atoms with Gasteiger partial charge in [-0.1, -0.05) is 30.3 Å². The molecule has 0 aromatic heterocycles. The summed E-state index contributed by atoms with van der Waals surface area (Å²) in [5.41, 5.74) is 1.01. The van der Waals surface area contributed by atoms with Gasteiger partial charge in [0.05, 0.1) is 18.9 Å². The second-order valence-corrected chi connectivity index (χ2v) is 5.76. The van der Waals surface area contributed by atoms with Crippen molar-refractivity contribution in [3.63, 3.8) is 0 Å². The summed E-state index contributed by atoms with van der Waals surface area (Å²) in [5, 5.41) is 0. The number of carbonyl (C=O) groups is 2. The van der Waals surface area contributed by atoms with Gasteiger partial charge in [0, 0.05) is 6.54 Å². The number of nitrogens with zero attached hydrogens (tertiary/aromatic N) is 1. The third kappa shape index (κ3) is 6.02. The highest BCUT2D eigenvalue weighted by atomic mass is 16.5. The van der Waals surface area contributed by atoms with Crippen LogP contribution in [0.25, 0.3) is 0 Å². The highest BCUT2D eigenvalue weighted by molar-refractivity contribution is 5.72. The first-order valence-corrected chi connectivity index (χ1v) is 8.27. The van der Waals surface area contributed by atoms with Crippen LogP contribution in [0.4, 0.5) is 0 Å². The molecule has 0 bridgehead atoms. The fourth-order valence-corrected chi connectivity index (χ4v) is 2.72. The number of piperidine rings is 1. The normalized spacial score (nSPS) is 16.0. The Labute approximate surface area is 137 Å². The van der Waals surface area contributed by atoms with Crippen LogP contribution in [0.2, 0.25) is 0 Å². The Morgan fingerprint density at radius 1 is 1.13 bits per heavy atom. The second kappa shape index (κ2) is 9.30. The second-order valence-electron chi connectivity index (χ2n) is 5.76. The van der Waals surface area contributed by atoms with E-state index in [0.29, 0.717) is 26.2 Å². The van der Waals surface area contributed by atoms with Crippen molar-refractivity contribution < 1.29 is 19.1 Å². The molecule has 1 heterocycles. The third-order valence-corrected chi connectivity index (χ3v) is 4.08. The zero-order valence-electron chi connectivity index (χ0n) is 13.7. The van der Waals surface area contributed by atoms with Crippen molar-refractivity contribution in [2.45, 2.75) is 32.8 Å². The number of rotatable bonds is 7. The molecule has 0 saturated carbocycles. The van der Waals surface area contributed by atoms with Gasteiger partial charge in [-0.25, -0.2) is 0 Å². The van der Waals surface area contributed by atoms with Gasteiger partial charge in [-0.2, -0.15) is 0 Å². The number of carbonyl (C=O) groups excluding carboxylic acids is 2. The molecule has 0 N–H and O–H groups in total. The molecule has 0 radical (unpaired) electrons. The van der Waals surface area contributed by atoms with Gasteiger partial charge in [0.25, 0.3) is 0 Å². The molecule has 1 aromatic rings. The molecule has 1 aliphatic heterocycles. The average Bonchev–Trinajstić information content (AvgIpc) is 2.59. The SMILES string of the molecule is CCOC(=O)CCN1CCC(C(=O)OCc2ccccc2)CC1.